The summed E-state index contributed by atoms with van der Waals surface area (Å²) < 4.78 is 5.25. The summed E-state index contributed by atoms with van der Waals surface area (Å²) in [7, 11) is 0. The van der Waals surface area contributed by atoms with Gasteiger partial charge >= 0.3 is 0 Å². The monoisotopic (exact) mass is 142 g/mol. The van der Waals surface area contributed by atoms with Crippen LogP contribution in [0.1, 0.15) is 12.8 Å². The van der Waals surface area contributed by atoms with Gasteiger partial charge in [-0.2, -0.15) is 0 Å². The van der Waals surface area contributed by atoms with Gasteiger partial charge in [-0.05, 0) is 25.5 Å². The molecular weight excluding hydrogens is 127 g/mol. The van der Waals surface area contributed by atoms with Crippen LogP contribution in [0.25, 0.3) is 0 Å². The SMILES string of the molecule is NCOB1CCC(N)CC1. The van der Waals surface area contributed by atoms with E-state index >= 15 is 0 Å². The summed E-state index contributed by atoms with van der Waals surface area (Å²) in [6, 6.07) is 0.401. The summed E-state index contributed by atoms with van der Waals surface area (Å²) in [6.07, 6.45) is 4.34. The Morgan fingerprint density at radius 3 is 2.50 bits per heavy atom. The molecule has 0 aromatic rings. The minimum absolute atomic E-state index is 0.347. The molecule has 0 spiro atoms. The lowest BCUT2D eigenvalue weighted by molar-refractivity contribution is 0.320. The van der Waals surface area contributed by atoms with Crippen molar-refractivity contribution in [2.75, 3.05) is 6.73 Å². The Labute approximate surface area is 62.2 Å². The summed E-state index contributed by atoms with van der Waals surface area (Å²) in [6.45, 7) is 0.727. The van der Waals surface area contributed by atoms with Crippen LogP contribution in [0.15, 0.2) is 0 Å². The van der Waals surface area contributed by atoms with Gasteiger partial charge in [-0.25, -0.2) is 0 Å². The van der Waals surface area contributed by atoms with Crippen LogP contribution in [-0.2, 0) is 4.65 Å². The van der Waals surface area contributed by atoms with E-state index in [1.807, 2.05) is 0 Å². The zero-order chi connectivity index (χ0) is 7.40. The van der Waals surface area contributed by atoms with E-state index in [9.17, 15) is 0 Å². The normalized spacial score (nSPS) is 21.6. The van der Waals surface area contributed by atoms with Crippen LogP contribution >= 0.6 is 0 Å². The molecule has 0 bridgehead atoms. The lowest BCUT2D eigenvalue weighted by Crippen LogP contribution is -2.33. The maximum Gasteiger partial charge on any atom is 0.294 e. The fourth-order valence-electron chi connectivity index (χ4n) is 1.39. The van der Waals surface area contributed by atoms with E-state index in [0.717, 1.165) is 25.5 Å². The Kier molecular flexibility index (Phi) is 3.18. The van der Waals surface area contributed by atoms with Gasteiger partial charge in [0.15, 0.2) is 0 Å². The Bertz CT molecular complexity index is 93.7. The van der Waals surface area contributed by atoms with Gasteiger partial charge in [0.05, 0.1) is 6.73 Å². The van der Waals surface area contributed by atoms with Crippen LogP contribution in [0, 0.1) is 0 Å². The van der Waals surface area contributed by atoms with E-state index in [0.29, 0.717) is 19.7 Å². The van der Waals surface area contributed by atoms with Gasteiger partial charge in [0.2, 0.25) is 0 Å². The van der Waals surface area contributed by atoms with Crippen molar-refractivity contribution in [1.82, 2.24) is 0 Å². The molecule has 1 saturated heterocycles. The molecule has 0 aromatic carbocycles. The summed E-state index contributed by atoms with van der Waals surface area (Å²) in [5.74, 6) is 0. The number of hydrogen-bond acceptors (Lipinski definition) is 3. The van der Waals surface area contributed by atoms with E-state index in [2.05, 4.69) is 0 Å². The lowest BCUT2D eigenvalue weighted by Gasteiger charge is -2.22. The minimum Gasteiger partial charge on any atom is -0.424 e. The highest BCUT2D eigenvalue weighted by Crippen LogP contribution is 2.18. The quantitative estimate of drug-likeness (QED) is 0.422. The van der Waals surface area contributed by atoms with E-state index in [1.165, 1.54) is 0 Å². The van der Waals surface area contributed by atoms with Gasteiger partial charge < -0.3 is 16.1 Å². The molecule has 0 amide bonds. The highest BCUT2D eigenvalue weighted by molar-refractivity contribution is 6.52. The van der Waals surface area contributed by atoms with Crippen LogP contribution < -0.4 is 11.5 Å². The van der Waals surface area contributed by atoms with Gasteiger partial charge in [0.25, 0.3) is 6.92 Å². The van der Waals surface area contributed by atoms with Crippen LogP contribution in [0.4, 0.5) is 0 Å². The first-order chi connectivity index (χ1) is 4.83. The van der Waals surface area contributed by atoms with Crippen molar-refractivity contribution < 1.29 is 4.65 Å². The van der Waals surface area contributed by atoms with Gasteiger partial charge in [-0.1, -0.05) is 0 Å². The molecule has 1 fully saturated rings. The highest BCUT2D eigenvalue weighted by atomic mass is 16.4. The molecule has 0 unspecified atom stereocenters. The average molecular weight is 142 g/mol. The number of hydrogen-bond donors (Lipinski definition) is 2. The second-order valence-electron chi connectivity index (χ2n) is 2.87. The Morgan fingerprint density at radius 2 is 2.00 bits per heavy atom. The van der Waals surface area contributed by atoms with E-state index in [1.54, 1.807) is 0 Å². The molecule has 1 aliphatic heterocycles. The van der Waals surface area contributed by atoms with Gasteiger partial charge in [0, 0.05) is 6.04 Å². The topological polar surface area (TPSA) is 61.3 Å². The standard InChI is InChI=1S/C6H15BN2O/c8-5-10-7-3-1-6(9)2-4-7/h6H,1-5,8-9H2. The zero-order valence-corrected chi connectivity index (χ0v) is 6.25. The maximum atomic E-state index is 5.71. The fourth-order valence-corrected chi connectivity index (χ4v) is 1.39. The second kappa shape index (κ2) is 3.96. The number of nitrogens with two attached hydrogens (primary N) is 2. The van der Waals surface area contributed by atoms with Crippen molar-refractivity contribution in [3.05, 3.63) is 0 Å². The summed E-state index contributed by atoms with van der Waals surface area (Å²) in [5.41, 5.74) is 10.9. The molecule has 1 heterocycles. The molecule has 10 heavy (non-hydrogen) atoms. The zero-order valence-electron chi connectivity index (χ0n) is 6.25. The summed E-state index contributed by atoms with van der Waals surface area (Å²) >= 11 is 0. The second-order valence-corrected chi connectivity index (χ2v) is 2.87. The molecule has 1 aliphatic rings. The van der Waals surface area contributed by atoms with Crippen LogP contribution in [0.2, 0.25) is 12.6 Å². The predicted octanol–water partition coefficient (Wildman–Crippen LogP) is 0.0318. The van der Waals surface area contributed by atoms with Crippen molar-refractivity contribution >= 4 is 6.92 Å². The lowest BCUT2D eigenvalue weighted by atomic mass is 9.55. The fraction of sp³-hybridized carbons (Fsp3) is 1.00. The molecule has 3 nitrogen and oxygen atoms in total. The molecule has 0 saturated carbocycles. The van der Waals surface area contributed by atoms with Gasteiger partial charge in [-0.15, -0.1) is 0 Å². The van der Waals surface area contributed by atoms with Crippen LogP contribution in [0.3, 0.4) is 0 Å². The minimum atomic E-state index is 0.347. The van der Waals surface area contributed by atoms with E-state index in [-0.39, 0.29) is 0 Å². The third kappa shape index (κ3) is 2.29. The first-order valence-corrected chi connectivity index (χ1v) is 3.90. The van der Waals surface area contributed by atoms with Gasteiger partial charge in [0.1, 0.15) is 0 Å². The Hall–Kier alpha value is -0.0551. The van der Waals surface area contributed by atoms with Gasteiger partial charge in [-0.3, -0.25) is 0 Å². The Balaban J connectivity index is 2.13. The largest absolute Gasteiger partial charge is 0.424 e. The molecule has 4 heteroatoms. The smallest absolute Gasteiger partial charge is 0.294 e. The molecule has 0 radical (unpaired) electrons. The third-order valence-corrected chi connectivity index (χ3v) is 2.05. The van der Waals surface area contributed by atoms with Crippen molar-refractivity contribution in [3.63, 3.8) is 0 Å². The van der Waals surface area contributed by atoms with Crippen LogP contribution in [-0.4, -0.2) is 19.7 Å². The van der Waals surface area contributed by atoms with E-state index in [4.69, 9.17) is 16.1 Å². The van der Waals surface area contributed by atoms with Crippen molar-refractivity contribution in [3.8, 4) is 0 Å². The van der Waals surface area contributed by atoms with Crippen LogP contribution in [0.5, 0.6) is 0 Å². The molecule has 58 valence electrons. The molecule has 0 aliphatic carbocycles. The molecule has 0 aromatic heterocycles. The first kappa shape index (κ1) is 8.05. The van der Waals surface area contributed by atoms with Crippen molar-refractivity contribution in [1.29, 1.82) is 0 Å². The van der Waals surface area contributed by atoms with Crippen molar-refractivity contribution in [2.45, 2.75) is 31.5 Å². The molecule has 0 atom stereocenters. The average Bonchev–Trinajstić information content (AvgIpc) is 1.95. The third-order valence-electron chi connectivity index (χ3n) is 2.05. The highest BCUT2D eigenvalue weighted by Gasteiger charge is 2.22. The number of rotatable bonds is 2. The van der Waals surface area contributed by atoms with E-state index < -0.39 is 0 Å². The summed E-state index contributed by atoms with van der Waals surface area (Å²) in [5, 5.41) is 0. The van der Waals surface area contributed by atoms with Crippen molar-refractivity contribution in [2.24, 2.45) is 11.5 Å². The molecule has 1 rings (SSSR count). The first-order valence-electron chi connectivity index (χ1n) is 3.90. The summed E-state index contributed by atoms with van der Waals surface area (Å²) in [4.78, 5) is 0. The Morgan fingerprint density at radius 1 is 1.40 bits per heavy atom. The predicted molar refractivity (Wildman–Crippen MR) is 42.7 cm³/mol. The molecule has 4 N–H and O–H groups in total. The molecular formula is C6H15BN2O. The maximum absolute atomic E-state index is 5.71.